The van der Waals surface area contributed by atoms with Crippen molar-refractivity contribution in [2.45, 2.75) is 65.7 Å². The van der Waals surface area contributed by atoms with E-state index in [0.29, 0.717) is 12.0 Å². The minimum Gasteiger partial charge on any atom is -0.458 e. The number of nitrogens with one attached hydrogen (secondary N) is 2. The average Bonchev–Trinajstić information content (AvgIpc) is 2.85. The van der Waals surface area contributed by atoms with Crippen molar-refractivity contribution in [1.82, 2.24) is 15.8 Å². The smallest absolute Gasteiger partial charge is 0.426 e. The molecule has 0 bridgehead atoms. The number of amides is 3. The van der Waals surface area contributed by atoms with E-state index >= 15 is 0 Å². The van der Waals surface area contributed by atoms with E-state index in [2.05, 4.69) is 10.7 Å². The molecule has 0 heterocycles. The van der Waals surface area contributed by atoms with Crippen LogP contribution in [-0.2, 0) is 25.7 Å². The molecule has 0 radical (unpaired) electrons. The number of hydrogen-bond donors (Lipinski definition) is 2. The number of carbonyl (C=O) groups excluding carboxylic acids is 4. The predicted octanol–water partition coefficient (Wildman–Crippen LogP) is 4.23. The number of rotatable bonds is 10. The van der Waals surface area contributed by atoms with Gasteiger partial charge in [-0.1, -0.05) is 62.4 Å². The zero-order chi connectivity index (χ0) is 27.4. The van der Waals surface area contributed by atoms with Crippen LogP contribution in [0.5, 0.6) is 0 Å². The molecule has 0 spiro atoms. The number of nitrogens with zero attached hydrogens (tertiary/aromatic N) is 1. The maximum atomic E-state index is 13.2. The van der Waals surface area contributed by atoms with Crippen molar-refractivity contribution >= 4 is 23.9 Å². The molecule has 2 aromatic rings. The molecule has 0 aliphatic heterocycles. The van der Waals surface area contributed by atoms with Crippen LogP contribution in [0, 0.1) is 5.92 Å². The van der Waals surface area contributed by atoms with E-state index in [0.717, 1.165) is 10.6 Å². The molecule has 0 aliphatic carbocycles. The molecule has 0 aliphatic rings. The standard InChI is InChI=1S/C28H37N3O6/c1-20(2)16-17-24(32)31(30-27(35)36-19-21-12-8-6-9-13-21)23(26(34)37-28(3,4)5)18-29-25(33)22-14-10-7-11-15-22/h6-15,20,23H,16-19H2,1-5H3,(H,29,33)(H,30,35)/t23-/m1/s1. The Labute approximate surface area is 218 Å². The Kier molecular flexibility index (Phi) is 11.1. The van der Waals surface area contributed by atoms with Gasteiger partial charge in [-0.25, -0.2) is 20.0 Å². The normalized spacial score (nSPS) is 11.8. The van der Waals surface area contributed by atoms with Gasteiger partial charge in [0.15, 0.2) is 6.04 Å². The summed E-state index contributed by atoms with van der Waals surface area (Å²) in [6.45, 7) is 8.69. The summed E-state index contributed by atoms with van der Waals surface area (Å²) in [7, 11) is 0. The van der Waals surface area contributed by atoms with Gasteiger partial charge in [0.25, 0.3) is 5.91 Å². The monoisotopic (exact) mass is 511 g/mol. The van der Waals surface area contributed by atoms with Gasteiger partial charge in [-0.15, -0.1) is 0 Å². The van der Waals surface area contributed by atoms with Gasteiger partial charge in [0.1, 0.15) is 12.2 Å². The SMILES string of the molecule is CC(C)CCC(=O)N(NC(=O)OCc1ccccc1)[C@H](CNC(=O)c1ccccc1)C(=O)OC(C)(C)C. The molecular weight excluding hydrogens is 474 g/mol. The Bertz CT molecular complexity index is 1030. The number of hydrazine groups is 1. The van der Waals surface area contributed by atoms with E-state index in [4.69, 9.17) is 9.47 Å². The van der Waals surface area contributed by atoms with E-state index in [9.17, 15) is 19.2 Å². The highest BCUT2D eigenvalue weighted by Crippen LogP contribution is 2.14. The molecule has 37 heavy (non-hydrogen) atoms. The summed E-state index contributed by atoms with van der Waals surface area (Å²) in [6, 6.07) is 16.2. The van der Waals surface area contributed by atoms with Crippen LogP contribution < -0.4 is 10.7 Å². The number of ether oxygens (including phenoxy) is 2. The first-order valence-corrected chi connectivity index (χ1v) is 12.3. The quantitative estimate of drug-likeness (QED) is 0.364. The largest absolute Gasteiger partial charge is 0.458 e. The first-order chi connectivity index (χ1) is 17.5. The highest BCUT2D eigenvalue weighted by molar-refractivity contribution is 5.95. The van der Waals surface area contributed by atoms with Crippen molar-refractivity contribution in [3.63, 3.8) is 0 Å². The van der Waals surface area contributed by atoms with Gasteiger partial charge >= 0.3 is 12.1 Å². The van der Waals surface area contributed by atoms with Crippen LogP contribution in [0.15, 0.2) is 60.7 Å². The zero-order valence-electron chi connectivity index (χ0n) is 22.2. The maximum Gasteiger partial charge on any atom is 0.426 e. The van der Waals surface area contributed by atoms with Crippen LogP contribution in [0.4, 0.5) is 4.79 Å². The summed E-state index contributed by atoms with van der Waals surface area (Å²) >= 11 is 0. The Morgan fingerprint density at radius 3 is 2.08 bits per heavy atom. The van der Waals surface area contributed by atoms with Crippen LogP contribution >= 0.6 is 0 Å². The van der Waals surface area contributed by atoms with Crippen molar-refractivity contribution < 1.29 is 28.7 Å². The van der Waals surface area contributed by atoms with E-state index in [-0.39, 0.29) is 25.5 Å². The van der Waals surface area contributed by atoms with Gasteiger partial charge in [-0.2, -0.15) is 0 Å². The molecular formula is C28H37N3O6. The Morgan fingerprint density at radius 2 is 1.51 bits per heavy atom. The zero-order valence-corrected chi connectivity index (χ0v) is 22.2. The van der Waals surface area contributed by atoms with E-state index in [1.807, 2.05) is 32.0 Å². The van der Waals surface area contributed by atoms with Crippen molar-refractivity contribution in [3.8, 4) is 0 Å². The second kappa shape index (κ2) is 14.0. The average molecular weight is 512 g/mol. The third-order valence-electron chi connectivity index (χ3n) is 5.11. The summed E-state index contributed by atoms with van der Waals surface area (Å²) < 4.78 is 10.8. The summed E-state index contributed by atoms with van der Waals surface area (Å²) in [4.78, 5) is 51.8. The molecule has 2 aromatic carbocycles. The fraction of sp³-hybridized carbons (Fsp3) is 0.429. The minimum atomic E-state index is -1.32. The molecule has 0 saturated carbocycles. The first kappa shape index (κ1) is 29.4. The fourth-order valence-corrected chi connectivity index (χ4v) is 3.23. The first-order valence-electron chi connectivity index (χ1n) is 12.3. The summed E-state index contributed by atoms with van der Waals surface area (Å²) in [5.41, 5.74) is 2.70. The molecule has 9 heteroatoms. The Morgan fingerprint density at radius 1 is 0.919 bits per heavy atom. The second-order valence-electron chi connectivity index (χ2n) is 10.00. The third-order valence-corrected chi connectivity index (χ3v) is 5.11. The summed E-state index contributed by atoms with van der Waals surface area (Å²) in [5, 5.41) is 3.58. The molecule has 9 nitrogen and oxygen atoms in total. The van der Waals surface area contributed by atoms with Crippen LogP contribution in [0.3, 0.4) is 0 Å². The van der Waals surface area contributed by atoms with Gasteiger partial charge in [0, 0.05) is 12.0 Å². The molecule has 0 aromatic heterocycles. The molecule has 2 rings (SSSR count). The van der Waals surface area contributed by atoms with Gasteiger partial charge < -0.3 is 14.8 Å². The van der Waals surface area contributed by atoms with Crippen LogP contribution in [0.2, 0.25) is 0 Å². The minimum absolute atomic E-state index is 0.0253. The second-order valence-corrected chi connectivity index (χ2v) is 10.00. The van der Waals surface area contributed by atoms with Crippen molar-refractivity contribution in [3.05, 3.63) is 71.8 Å². The van der Waals surface area contributed by atoms with Gasteiger partial charge in [-0.05, 0) is 50.8 Å². The topological polar surface area (TPSA) is 114 Å². The molecule has 0 saturated heterocycles. The van der Waals surface area contributed by atoms with Gasteiger partial charge in [0.05, 0.1) is 6.54 Å². The van der Waals surface area contributed by atoms with Crippen LogP contribution in [-0.4, -0.2) is 47.1 Å². The Hall–Kier alpha value is -3.88. The summed E-state index contributed by atoms with van der Waals surface area (Å²) in [5.74, 6) is -1.50. The van der Waals surface area contributed by atoms with Crippen molar-refractivity contribution in [2.24, 2.45) is 5.92 Å². The Balaban J connectivity index is 2.25. The van der Waals surface area contributed by atoms with Gasteiger partial charge in [0.2, 0.25) is 5.91 Å². The van der Waals surface area contributed by atoms with Crippen molar-refractivity contribution in [1.29, 1.82) is 0 Å². The molecule has 3 amide bonds. The molecule has 200 valence electrons. The lowest BCUT2D eigenvalue weighted by Crippen LogP contribution is -2.59. The van der Waals surface area contributed by atoms with Crippen LogP contribution in [0.25, 0.3) is 0 Å². The van der Waals surface area contributed by atoms with E-state index in [1.54, 1.807) is 63.2 Å². The maximum absolute atomic E-state index is 13.2. The summed E-state index contributed by atoms with van der Waals surface area (Å²) in [6.07, 6.45) is -0.305. The third kappa shape index (κ3) is 10.7. The fourth-order valence-electron chi connectivity index (χ4n) is 3.23. The predicted molar refractivity (Wildman–Crippen MR) is 139 cm³/mol. The highest BCUT2D eigenvalue weighted by atomic mass is 16.6. The van der Waals surface area contributed by atoms with Crippen molar-refractivity contribution in [2.75, 3.05) is 6.54 Å². The number of hydrogen-bond acceptors (Lipinski definition) is 6. The van der Waals surface area contributed by atoms with E-state index < -0.39 is 35.5 Å². The molecule has 1 atom stereocenters. The van der Waals surface area contributed by atoms with E-state index in [1.165, 1.54) is 0 Å². The lowest BCUT2D eigenvalue weighted by molar-refractivity contribution is -0.166. The van der Waals surface area contributed by atoms with Crippen LogP contribution in [0.1, 0.15) is 63.4 Å². The molecule has 0 unspecified atom stereocenters. The van der Waals surface area contributed by atoms with Gasteiger partial charge in [-0.3, -0.25) is 9.59 Å². The molecule has 0 fully saturated rings. The highest BCUT2D eigenvalue weighted by Gasteiger charge is 2.35. The lowest BCUT2D eigenvalue weighted by atomic mass is 10.1. The molecule has 2 N–H and O–H groups in total. The number of carbonyl (C=O) groups is 4. The number of benzene rings is 2. The lowest BCUT2D eigenvalue weighted by Gasteiger charge is -2.32. The number of esters is 1.